The van der Waals surface area contributed by atoms with Crippen LogP contribution < -0.4 is 10.1 Å². The Labute approximate surface area is 123 Å². The van der Waals surface area contributed by atoms with E-state index in [1.54, 1.807) is 13.3 Å². The van der Waals surface area contributed by atoms with Crippen LogP contribution in [0.4, 0.5) is 0 Å². The fraction of sp³-hybridized carbons (Fsp3) is 0.188. The van der Waals surface area contributed by atoms with Crippen LogP contribution in [0.15, 0.2) is 49.1 Å². The minimum absolute atomic E-state index is 0.0465. The highest BCUT2D eigenvalue weighted by atomic mass is 16.5. The second-order valence-corrected chi connectivity index (χ2v) is 4.65. The summed E-state index contributed by atoms with van der Waals surface area (Å²) in [5.74, 6) is 0.554. The van der Waals surface area contributed by atoms with Gasteiger partial charge < -0.3 is 10.1 Å². The Balaban J connectivity index is 2.13. The Hall–Kier alpha value is -2.53. The van der Waals surface area contributed by atoms with Gasteiger partial charge in [-0.05, 0) is 24.1 Å². The zero-order valence-electron chi connectivity index (χ0n) is 11.9. The van der Waals surface area contributed by atoms with Crippen LogP contribution >= 0.6 is 0 Å². The number of nitrogens with one attached hydrogen (secondary N) is 1. The van der Waals surface area contributed by atoms with Crippen LogP contribution in [-0.2, 0) is 0 Å². The number of methoxy groups -OCH3 is 1. The van der Waals surface area contributed by atoms with Crippen LogP contribution in [0, 0.1) is 0 Å². The summed E-state index contributed by atoms with van der Waals surface area (Å²) in [5.41, 5.74) is 1.99. The van der Waals surface area contributed by atoms with E-state index in [1.807, 2.05) is 31.4 Å². The number of fused-ring (bicyclic) bond motifs is 1. The lowest BCUT2D eigenvalue weighted by Crippen LogP contribution is -2.19. The first kappa shape index (κ1) is 13.5. The highest BCUT2D eigenvalue weighted by Gasteiger charge is 2.17. The molecular formula is C16H16N4O. The van der Waals surface area contributed by atoms with Gasteiger partial charge in [-0.1, -0.05) is 18.2 Å². The summed E-state index contributed by atoms with van der Waals surface area (Å²) in [6.07, 6.45) is 5.20. The number of rotatable bonds is 4. The van der Waals surface area contributed by atoms with Crippen molar-refractivity contribution in [2.45, 2.75) is 6.04 Å². The van der Waals surface area contributed by atoms with Crippen molar-refractivity contribution in [1.29, 1.82) is 0 Å². The summed E-state index contributed by atoms with van der Waals surface area (Å²) in [4.78, 5) is 12.7. The van der Waals surface area contributed by atoms with Gasteiger partial charge in [-0.2, -0.15) is 0 Å². The topological polar surface area (TPSA) is 59.9 Å². The highest BCUT2D eigenvalue weighted by Crippen LogP contribution is 2.28. The number of aromatic nitrogens is 3. The van der Waals surface area contributed by atoms with Crippen LogP contribution in [0.5, 0.6) is 5.88 Å². The zero-order valence-corrected chi connectivity index (χ0v) is 11.9. The second kappa shape index (κ2) is 5.85. The van der Waals surface area contributed by atoms with Crippen molar-refractivity contribution in [3.63, 3.8) is 0 Å². The number of hydrogen-bond acceptors (Lipinski definition) is 5. The largest absolute Gasteiger partial charge is 0.481 e. The molecule has 1 N–H and O–H groups in total. The minimum Gasteiger partial charge on any atom is -0.481 e. The molecule has 0 fully saturated rings. The fourth-order valence-electron chi connectivity index (χ4n) is 2.47. The molecule has 21 heavy (non-hydrogen) atoms. The van der Waals surface area contributed by atoms with Crippen LogP contribution in [-0.4, -0.2) is 29.1 Å². The Morgan fingerprint density at radius 2 is 2.10 bits per heavy atom. The summed E-state index contributed by atoms with van der Waals surface area (Å²) in [6, 6.07) is 10.0. The summed E-state index contributed by atoms with van der Waals surface area (Å²) in [6.45, 7) is 0. The average Bonchev–Trinajstić information content (AvgIpc) is 2.56. The van der Waals surface area contributed by atoms with Gasteiger partial charge in [0.15, 0.2) is 0 Å². The molecule has 0 amide bonds. The smallest absolute Gasteiger partial charge is 0.216 e. The third kappa shape index (κ3) is 2.55. The molecule has 0 bridgehead atoms. The average molecular weight is 280 g/mol. The molecule has 3 rings (SSSR count). The van der Waals surface area contributed by atoms with Crippen molar-refractivity contribution in [1.82, 2.24) is 20.3 Å². The molecule has 0 aliphatic rings. The number of hydrogen-bond donors (Lipinski definition) is 1. The molecule has 0 aliphatic carbocycles. The van der Waals surface area contributed by atoms with Crippen molar-refractivity contribution >= 4 is 10.8 Å². The lowest BCUT2D eigenvalue weighted by Gasteiger charge is -2.18. The molecule has 5 heteroatoms. The molecule has 0 spiro atoms. The summed E-state index contributed by atoms with van der Waals surface area (Å²) in [7, 11) is 3.51. The standard InChI is InChI=1S/C16H16N4O/c1-17-16(14-8-15(21-2)20-10-19-14)12-5-3-4-11-6-7-18-9-13(11)12/h3-10,16-17H,1-2H3. The molecule has 3 aromatic rings. The lowest BCUT2D eigenvalue weighted by atomic mass is 9.98. The van der Waals surface area contributed by atoms with Gasteiger partial charge in [0, 0.05) is 23.8 Å². The first-order valence-corrected chi connectivity index (χ1v) is 6.69. The molecule has 106 valence electrons. The minimum atomic E-state index is -0.0465. The Bertz CT molecular complexity index is 755. The van der Waals surface area contributed by atoms with Crippen LogP contribution in [0.1, 0.15) is 17.3 Å². The van der Waals surface area contributed by atoms with Crippen LogP contribution in [0.25, 0.3) is 10.8 Å². The first-order chi connectivity index (χ1) is 10.3. The van der Waals surface area contributed by atoms with Gasteiger partial charge in [-0.25, -0.2) is 9.97 Å². The van der Waals surface area contributed by atoms with E-state index < -0.39 is 0 Å². The number of nitrogens with zero attached hydrogens (tertiary/aromatic N) is 3. The predicted molar refractivity (Wildman–Crippen MR) is 81.2 cm³/mol. The van der Waals surface area contributed by atoms with E-state index in [9.17, 15) is 0 Å². The van der Waals surface area contributed by atoms with Crippen molar-refractivity contribution in [2.75, 3.05) is 14.2 Å². The predicted octanol–water partition coefficient (Wildman–Crippen LogP) is 2.34. The van der Waals surface area contributed by atoms with Crippen molar-refractivity contribution < 1.29 is 4.74 Å². The summed E-state index contributed by atoms with van der Waals surface area (Å²) >= 11 is 0. The van der Waals surface area contributed by atoms with Gasteiger partial charge in [0.2, 0.25) is 5.88 Å². The van der Waals surface area contributed by atoms with E-state index in [0.29, 0.717) is 5.88 Å². The van der Waals surface area contributed by atoms with Crippen molar-refractivity contribution in [3.05, 3.63) is 60.3 Å². The van der Waals surface area contributed by atoms with E-state index in [1.165, 1.54) is 6.33 Å². The van der Waals surface area contributed by atoms with Gasteiger partial charge in [-0.3, -0.25) is 4.98 Å². The summed E-state index contributed by atoms with van der Waals surface area (Å²) < 4.78 is 5.18. The maximum absolute atomic E-state index is 5.18. The van der Waals surface area contributed by atoms with Crippen molar-refractivity contribution in [3.8, 4) is 5.88 Å². The monoisotopic (exact) mass is 280 g/mol. The molecule has 0 saturated carbocycles. The molecule has 0 saturated heterocycles. The Morgan fingerprint density at radius 1 is 1.19 bits per heavy atom. The van der Waals surface area contributed by atoms with Crippen LogP contribution in [0.2, 0.25) is 0 Å². The van der Waals surface area contributed by atoms with Crippen molar-refractivity contribution in [2.24, 2.45) is 0 Å². The number of benzene rings is 1. The molecule has 1 atom stereocenters. The molecular weight excluding hydrogens is 264 g/mol. The SMILES string of the molecule is CNC(c1cc(OC)ncn1)c1cccc2ccncc12. The molecule has 2 heterocycles. The van der Waals surface area contributed by atoms with Gasteiger partial charge in [0.05, 0.1) is 18.8 Å². The molecule has 5 nitrogen and oxygen atoms in total. The molecule has 0 radical (unpaired) electrons. The van der Waals surface area contributed by atoms with Gasteiger partial charge in [0.1, 0.15) is 6.33 Å². The Morgan fingerprint density at radius 3 is 2.90 bits per heavy atom. The zero-order chi connectivity index (χ0) is 14.7. The third-order valence-electron chi connectivity index (χ3n) is 3.49. The van der Waals surface area contributed by atoms with Gasteiger partial charge in [0.25, 0.3) is 0 Å². The van der Waals surface area contributed by atoms with Gasteiger partial charge >= 0.3 is 0 Å². The van der Waals surface area contributed by atoms with E-state index in [-0.39, 0.29) is 6.04 Å². The summed E-state index contributed by atoms with van der Waals surface area (Å²) in [5, 5.41) is 5.57. The molecule has 0 aliphatic heterocycles. The number of ether oxygens (including phenoxy) is 1. The molecule has 1 aromatic carbocycles. The lowest BCUT2D eigenvalue weighted by molar-refractivity contribution is 0.395. The molecule has 1 unspecified atom stereocenters. The normalized spacial score (nSPS) is 12.3. The van der Waals surface area contributed by atoms with E-state index in [4.69, 9.17) is 4.74 Å². The quantitative estimate of drug-likeness (QED) is 0.795. The third-order valence-corrected chi connectivity index (χ3v) is 3.49. The number of pyridine rings is 1. The first-order valence-electron chi connectivity index (χ1n) is 6.69. The molecule has 2 aromatic heterocycles. The van der Waals surface area contributed by atoms with Gasteiger partial charge in [-0.15, -0.1) is 0 Å². The maximum Gasteiger partial charge on any atom is 0.216 e. The Kier molecular flexibility index (Phi) is 3.75. The highest BCUT2D eigenvalue weighted by molar-refractivity contribution is 5.85. The van der Waals surface area contributed by atoms with E-state index >= 15 is 0 Å². The maximum atomic E-state index is 5.18. The second-order valence-electron chi connectivity index (χ2n) is 4.65. The van der Waals surface area contributed by atoms with E-state index in [0.717, 1.165) is 22.0 Å². The fourth-order valence-corrected chi connectivity index (χ4v) is 2.47. The van der Waals surface area contributed by atoms with E-state index in [2.05, 4.69) is 32.4 Å². The van der Waals surface area contributed by atoms with Crippen LogP contribution in [0.3, 0.4) is 0 Å².